The molecule has 3 rings (SSSR count). The zero-order valence-electron chi connectivity index (χ0n) is 12.1. The Labute approximate surface area is 127 Å². The van der Waals surface area contributed by atoms with Crippen molar-refractivity contribution in [3.05, 3.63) is 53.8 Å². The van der Waals surface area contributed by atoms with E-state index in [4.69, 9.17) is 4.74 Å². The molecule has 1 amide bonds. The van der Waals surface area contributed by atoms with Gasteiger partial charge in [0, 0.05) is 29.5 Å². The van der Waals surface area contributed by atoms with Gasteiger partial charge in [0.2, 0.25) is 5.91 Å². The van der Waals surface area contributed by atoms with Crippen LogP contribution in [0.5, 0.6) is 5.75 Å². The van der Waals surface area contributed by atoms with Crippen LogP contribution in [0.3, 0.4) is 0 Å². The molecule has 4 nitrogen and oxygen atoms in total. The van der Waals surface area contributed by atoms with Gasteiger partial charge in [-0.25, -0.2) is 9.82 Å². The standard InChI is InChI=1S/C17H15FN2O2/c1-22-16-5-3-2-4-13(16)12-7-6-11(10-14(12)18)15-8-9-17(21)20-19-15/h2-7,10H,8-9H2,1H3,(H,20,21). The van der Waals surface area contributed by atoms with Gasteiger partial charge in [-0.05, 0) is 12.1 Å². The lowest BCUT2D eigenvalue weighted by Gasteiger charge is -2.14. The number of hydrogen-bond donors (Lipinski definition) is 1. The monoisotopic (exact) mass is 298 g/mol. The van der Waals surface area contributed by atoms with Crippen LogP contribution in [0.4, 0.5) is 4.39 Å². The van der Waals surface area contributed by atoms with E-state index >= 15 is 0 Å². The lowest BCUT2D eigenvalue weighted by molar-refractivity contribution is -0.121. The van der Waals surface area contributed by atoms with Crippen LogP contribution < -0.4 is 10.2 Å². The van der Waals surface area contributed by atoms with E-state index < -0.39 is 0 Å². The minimum Gasteiger partial charge on any atom is -0.496 e. The van der Waals surface area contributed by atoms with Gasteiger partial charge in [0.15, 0.2) is 0 Å². The summed E-state index contributed by atoms with van der Waals surface area (Å²) in [6.07, 6.45) is 0.883. The fraction of sp³-hybridized carbons (Fsp3) is 0.176. The Kier molecular flexibility index (Phi) is 3.87. The van der Waals surface area contributed by atoms with E-state index in [9.17, 15) is 9.18 Å². The van der Waals surface area contributed by atoms with E-state index in [2.05, 4.69) is 10.5 Å². The van der Waals surface area contributed by atoms with Gasteiger partial charge in [0.05, 0.1) is 12.8 Å². The first-order chi connectivity index (χ1) is 10.7. The van der Waals surface area contributed by atoms with Gasteiger partial charge < -0.3 is 4.74 Å². The Hall–Kier alpha value is -2.69. The zero-order valence-corrected chi connectivity index (χ0v) is 12.1. The number of hydrogen-bond acceptors (Lipinski definition) is 3. The van der Waals surface area contributed by atoms with Crippen molar-refractivity contribution in [2.75, 3.05) is 7.11 Å². The molecule has 0 atom stereocenters. The van der Waals surface area contributed by atoms with Crippen molar-refractivity contribution in [2.45, 2.75) is 12.8 Å². The number of carbonyl (C=O) groups excluding carboxylic acids is 1. The van der Waals surface area contributed by atoms with Crippen LogP contribution in [0, 0.1) is 5.82 Å². The lowest BCUT2D eigenvalue weighted by Crippen LogP contribution is -2.25. The number of nitrogens with one attached hydrogen (secondary N) is 1. The molecule has 1 heterocycles. The van der Waals surface area contributed by atoms with Crippen LogP contribution in [-0.2, 0) is 4.79 Å². The van der Waals surface area contributed by atoms with Crippen LogP contribution in [-0.4, -0.2) is 18.7 Å². The van der Waals surface area contributed by atoms with Crippen molar-refractivity contribution in [2.24, 2.45) is 5.10 Å². The Bertz CT molecular complexity index is 756. The zero-order chi connectivity index (χ0) is 15.5. The molecule has 22 heavy (non-hydrogen) atoms. The molecule has 2 aromatic rings. The summed E-state index contributed by atoms with van der Waals surface area (Å²) in [6, 6.07) is 12.2. The first-order valence-electron chi connectivity index (χ1n) is 6.98. The Morgan fingerprint density at radius 3 is 2.64 bits per heavy atom. The molecule has 1 aliphatic heterocycles. The van der Waals surface area contributed by atoms with Crippen molar-refractivity contribution < 1.29 is 13.9 Å². The number of halogens is 1. The van der Waals surface area contributed by atoms with Crippen molar-refractivity contribution >= 4 is 11.6 Å². The molecule has 0 unspecified atom stereocenters. The molecule has 0 saturated heterocycles. The van der Waals surface area contributed by atoms with Gasteiger partial charge >= 0.3 is 0 Å². The third-order valence-corrected chi connectivity index (χ3v) is 3.60. The van der Waals surface area contributed by atoms with Gasteiger partial charge in [0.25, 0.3) is 0 Å². The summed E-state index contributed by atoms with van der Waals surface area (Å²) in [6.45, 7) is 0. The molecule has 0 spiro atoms. The number of hydrazone groups is 1. The van der Waals surface area contributed by atoms with Gasteiger partial charge in [-0.1, -0.05) is 30.3 Å². The number of methoxy groups -OCH3 is 1. The summed E-state index contributed by atoms with van der Waals surface area (Å²) in [5.74, 6) is 0.160. The Balaban J connectivity index is 1.98. The topological polar surface area (TPSA) is 50.7 Å². The number of rotatable bonds is 3. The summed E-state index contributed by atoms with van der Waals surface area (Å²) < 4.78 is 19.8. The predicted octanol–water partition coefficient (Wildman–Crippen LogP) is 3.12. The summed E-state index contributed by atoms with van der Waals surface area (Å²) in [4.78, 5) is 11.1. The Morgan fingerprint density at radius 1 is 1.14 bits per heavy atom. The molecule has 5 heteroatoms. The van der Waals surface area contributed by atoms with Gasteiger partial charge in [0.1, 0.15) is 11.6 Å². The maximum atomic E-state index is 14.5. The summed E-state index contributed by atoms with van der Waals surface area (Å²) >= 11 is 0. The van der Waals surface area contributed by atoms with E-state index in [0.717, 1.165) is 0 Å². The molecule has 0 saturated carbocycles. The number of ether oxygens (including phenoxy) is 1. The first kappa shape index (κ1) is 14.3. The van der Waals surface area contributed by atoms with Gasteiger partial charge in [-0.3, -0.25) is 4.79 Å². The van der Waals surface area contributed by atoms with E-state index in [-0.39, 0.29) is 11.7 Å². The summed E-state index contributed by atoms with van der Waals surface area (Å²) in [5, 5.41) is 3.98. The van der Waals surface area contributed by atoms with Crippen molar-refractivity contribution in [1.29, 1.82) is 0 Å². The summed E-state index contributed by atoms with van der Waals surface area (Å²) in [7, 11) is 1.56. The first-order valence-corrected chi connectivity index (χ1v) is 6.98. The SMILES string of the molecule is COc1ccccc1-c1ccc(C2=NNC(=O)CC2)cc1F. The number of benzene rings is 2. The second-order valence-corrected chi connectivity index (χ2v) is 4.99. The molecule has 0 bridgehead atoms. The molecule has 1 N–H and O–H groups in total. The molecule has 2 aromatic carbocycles. The maximum Gasteiger partial charge on any atom is 0.240 e. The van der Waals surface area contributed by atoms with E-state index in [1.807, 2.05) is 18.2 Å². The average molecular weight is 298 g/mol. The summed E-state index contributed by atoms with van der Waals surface area (Å²) in [5.41, 5.74) is 4.96. The minimum absolute atomic E-state index is 0.116. The van der Waals surface area contributed by atoms with Gasteiger partial charge in [-0.15, -0.1) is 0 Å². The number of para-hydroxylation sites is 1. The highest BCUT2D eigenvalue weighted by molar-refractivity contribution is 6.04. The highest BCUT2D eigenvalue weighted by atomic mass is 19.1. The van der Waals surface area contributed by atoms with Crippen molar-refractivity contribution in [3.63, 3.8) is 0 Å². The largest absolute Gasteiger partial charge is 0.496 e. The molecule has 0 aromatic heterocycles. The number of nitrogens with zero attached hydrogens (tertiary/aromatic N) is 1. The highest BCUT2D eigenvalue weighted by Gasteiger charge is 2.16. The third-order valence-electron chi connectivity index (χ3n) is 3.60. The fourth-order valence-electron chi connectivity index (χ4n) is 2.46. The second-order valence-electron chi connectivity index (χ2n) is 4.99. The number of amides is 1. The third kappa shape index (κ3) is 2.70. The van der Waals surface area contributed by atoms with E-state index in [1.165, 1.54) is 6.07 Å². The highest BCUT2D eigenvalue weighted by Crippen LogP contribution is 2.32. The van der Waals surface area contributed by atoms with Gasteiger partial charge in [-0.2, -0.15) is 5.10 Å². The van der Waals surface area contributed by atoms with Crippen molar-refractivity contribution in [3.8, 4) is 16.9 Å². The van der Waals surface area contributed by atoms with Crippen LogP contribution in [0.1, 0.15) is 18.4 Å². The molecular weight excluding hydrogens is 283 g/mol. The predicted molar refractivity (Wildman–Crippen MR) is 82.3 cm³/mol. The Morgan fingerprint density at radius 2 is 1.95 bits per heavy atom. The normalized spacial score (nSPS) is 14.3. The smallest absolute Gasteiger partial charge is 0.240 e. The minimum atomic E-state index is -0.346. The van der Waals surface area contributed by atoms with Crippen LogP contribution in [0.15, 0.2) is 47.6 Å². The average Bonchev–Trinajstić information content (AvgIpc) is 2.55. The molecule has 0 fully saturated rings. The molecule has 0 radical (unpaired) electrons. The lowest BCUT2D eigenvalue weighted by atomic mass is 9.98. The molecule has 112 valence electrons. The maximum absolute atomic E-state index is 14.5. The fourth-order valence-corrected chi connectivity index (χ4v) is 2.46. The molecular formula is C17H15FN2O2. The quantitative estimate of drug-likeness (QED) is 0.946. The van der Waals surface area contributed by atoms with Crippen LogP contribution in [0.2, 0.25) is 0 Å². The molecule has 0 aliphatic carbocycles. The number of carbonyl (C=O) groups is 1. The van der Waals surface area contributed by atoms with Crippen LogP contribution in [0.25, 0.3) is 11.1 Å². The van der Waals surface area contributed by atoms with E-state index in [0.29, 0.717) is 41.0 Å². The van der Waals surface area contributed by atoms with Crippen molar-refractivity contribution in [1.82, 2.24) is 5.43 Å². The molecule has 1 aliphatic rings. The van der Waals surface area contributed by atoms with Crippen LogP contribution >= 0.6 is 0 Å². The van der Waals surface area contributed by atoms with E-state index in [1.54, 1.807) is 25.3 Å². The second kappa shape index (κ2) is 5.97.